The van der Waals surface area contributed by atoms with Crippen LogP contribution in [0.4, 0.5) is 4.39 Å². The molecule has 2 aromatic rings. The molecule has 5 nitrogen and oxygen atoms in total. The van der Waals surface area contributed by atoms with Gasteiger partial charge in [-0.25, -0.2) is 4.39 Å². The van der Waals surface area contributed by atoms with Crippen molar-refractivity contribution < 1.29 is 13.7 Å². The van der Waals surface area contributed by atoms with E-state index in [0.717, 1.165) is 30.8 Å². The average molecular weight is 387 g/mol. The predicted octanol–water partition coefficient (Wildman–Crippen LogP) is 4.31. The third kappa shape index (κ3) is 4.79. The normalized spacial score (nSPS) is 18.7. The number of hydrogen-bond donors (Lipinski definition) is 0. The molecule has 0 bridgehead atoms. The van der Waals surface area contributed by atoms with Gasteiger partial charge in [0.05, 0.1) is 0 Å². The van der Waals surface area contributed by atoms with E-state index in [1.807, 2.05) is 30.9 Å². The molecule has 1 aliphatic rings. The SMILES string of the molecule is CC(C)c1cc(C(=O)N2CCCN(Cc3ccc(F)cc3)C(C(C)C)C2)no1. The first kappa shape index (κ1) is 20.5. The molecule has 0 radical (unpaired) electrons. The minimum Gasteiger partial charge on any atom is -0.360 e. The summed E-state index contributed by atoms with van der Waals surface area (Å²) in [6, 6.07) is 8.67. The van der Waals surface area contributed by atoms with Crippen LogP contribution in [-0.2, 0) is 6.54 Å². The Balaban J connectivity index is 1.74. The van der Waals surface area contributed by atoms with Gasteiger partial charge in [0.25, 0.3) is 5.91 Å². The minimum atomic E-state index is -0.217. The van der Waals surface area contributed by atoms with E-state index in [1.54, 1.807) is 6.07 Å². The average Bonchev–Trinajstić information content (AvgIpc) is 3.06. The summed E-state index contributed by atoms with van der Waals surface area (Å²) in [6.45, 7) is 11.4. The van der Waals surface area contributed by atoms with Crippen LogP contribution < -0.4 is 0 Å². The maximum absolute atomic E-state index is 13.2. The molecule has 1 aliphatic heterocycles. The molecular weight excluding hydrogens is 357 g/mol. The lowest BCUT2D eigenvalue weighted by Gasteiger charge is -2.34. The fourth-order valence-corrected chi connectivity index (χ4v) is 3.72. The molecule has 0 N–H and O–H groups in total. The molecular formula is C22H30FN3O2. The molecule has 1 fully saturated rings. The first-order chi connectivity index (χ1) is 13.3. The molecule has 1 aromatic carbocycles. The van der Waals surface area contributed by atoms with Crippen LogP contribution in [0.15, 0.2) is 34.9 Å². The van der Waals surface area contributed by atoms with Crippen molar-refractivity contribution in [2.45, 2.75) is 52.6 Å². The van der Waals surface area contributed by atoms with E-state index in [-0.39, 0.29) is 23.7 Å². The number of nitrogens with zero attached hydrogens (tertiary/aromatic N) is 3. The number of benzene rings is 1. The van der Waals surface area contributed by atoms with Crippen LogP contribution in [-0.4, -0.2) is 46.5 Å². The quantitative estimate of drug-likeness (QED) is 0.767. The molecule has 28 heavy (non-hydrogen) atoms. The summed E-state index contributed by atoms with van der Waals surface area (Å²) in [7, 11) is 0. The van der Waals surface area contributed by atoms with Crippen molar-refractivity contribution >= 4 is 5.91 Å². The first-order valence-corrected chi connectivity index (χ1v) is 10.1. The Kier molecular flexibility index (Phi) is 6.50. The van der Waals surface area contributed by atoms with E-state index < -0.39 is 0 Å². The minimum absolute atomic E-state index is 0.0649. The summed E-state index contributed by atoms with van der Waals surface area (Å²) in [5.41, 5.74) is 1.48. The number of aromatic nitrogens is 1. The second kappa shape index (κ2) is 8.86. The molecule has 1 saturated heterocycles. The van der Waals surface area contributed by atoms with Crippen molar-refractivity contribution in [3.63, 3.8) is 0 Å². The molecule has 1 atom stereocenters. The molecule has 0 saturated carbocycles. The van der Waals surface area contributed by atoms with Gasteiger partial charge in [-0.2, -0.15) is 0 Å². The van der Waals surface area contributed by atoms with Crippen molar-refractivity contribution in [2.24, 2.45) is 5.92 Å². The van der Waals surface area contributed by atoms with E-state index in [9.17, 15) is 9.18 Å². The van der Waals surface area contributed by atoms with Crippen molar-refractivity contribution in [3.8, 4) is 0 Å². The Morgan fingerprint density at radius 1 is 1.21 bits per heavy atom. The van der Waals surface area contributed by atoms with Gasteiger partial charge >= 0.3 is 0 Å². The van der Waals surface area contributed by atoms with Gasteiger partial charge in [0.15, 0.2) is 5.69 Å². The number of carbonyl (C=O) groups is 1. The summed E-state index contributed by atoms with van der Waals surface area (Å²) in [4.78, 5) is 17.3. The summed E-state index contributed by atoms with van der Waals surface area (Å²) in [6.07, 6.45) is 0.894. The third-order valence-corrected chi connectivity index (χ3v) is 5.42. The topological polar surface area (TPSA) is 49.6 Å². The number of rotatable bonds is 5. The van der Waals surface area contributed by atoms with Crippen molar-refractivity contribution in [1.29, 1.82) is 0 Å². The Labute approximate surface area is 166 Å². The number of carbonyl (C=O) groups excluding carboxylic acids is 1. The molecule has 3 rings (SSSR count). The molecule has 1 unspecified atom stereocenters. The van der Waals surface area contributed by atoms with E-state index >= 15 is 0 Å². The highest BCUT2D eigenvalue weighted by atomic mass is 19.1. The summed E-state index contributed by atoms with van der Waals surface area (Å²) < 4.78 is 18.5. The largest absolute Gasteiger partial charge is 0.360 e. The summed E-state index contributed by atoms with van der Waals surface area (Å²) in [5, 5.41) is 3.99. The number of hydrogen-bond acceptors (Lipinski definition) is 4. The molecule has 1 amide bonds. The molecule has 0 spiro atoms. The first-order valence-electron chi connectivity index (χ1n) is 10.1. The maximum atomic E-state index is 13.2. The van der Waals surface area contributed by atoms with Crippen LogP contribution in [0.1, 0.15) is 61.8 Å². The zero-order valence-electron chi connectivity index (χ0n) is 17.2. The molecule has 152 valence electrons. The van der Waals surface area contributed by atoms with Crippen LogP contribution in [0.3, 0.4) is 0 Å². The number of halogens is 1. The van der Waals surface area contributed by atoms with E-state index in [1.165, 1.54) is 12.1 Å². The van der Waals surface area contributed by atoms with Crippen LogP contribution >= 0.6 is 0 Å². The highest BCUT2D eigenvalue weighted by molar-refractivity contribution is 5.92. The second-order valence-corrected chi connectivity index (χ2v) is 8.28. The number of amides is 1. The van der Waals surface area contributed by atoms with Gasteiger partial charge in [0, 0.05) is 44.2 Å². The monoisotopic (exact) mass is 387 g/mol. The van der Waals surface area contributed by atoms with Gasteiger partial charge in [-0.3, -0.25) is 9.69 Å². The summed E-state index contributed by atoms with van der Waals surface area (Å²) >= 11 is 0. The van der Waals surface area contributed by atoms with Gasteiger partial charge in [0.2, 0.25) is 0 Å². The van der Waals surface area contributed by atoms with Crippen LogP contribution in [0, 0.1) is 11.7 Å². The van der Waals surface area contributed by atoms with Crippen molar-refractivity contribution in [2.75, 3.05) is 19.6 Å². The van der Waals surface area contributed by atoms with Crippen LogP contribution in [0.2, 0.25) is 0 Å². The van der Waals surface area contributed by atoms with Gasteiger partial charge < -0.3 is 9.42 Å². The standard InChI is InChI=1S/C22H30FN3O2/c1-15(2)20-14-26(22(27)19-12-21(16(3)4)28-24-19)11-5-10-25(20)13-17-6-8-18(23)9-7-17/h6-9,12,15-16,20H,5,10-11,13-14H2,1-4H3. The molecule has 6 heteroatoms. The van der Waals surface area contributed by atoms with Gasteiger partial charge in [-0.05, 0) is 30.0 Å². The molecule has 0 aliphatic carbocycles. The summed E-state index contributed by atoms with van der Waals surface area (Å²) in [5.74, 6) is 1.04. The zero-order chi connectivity index (χ0) is 20.3. The van der Waals surface area contributed by atoms with Gasteiger partial charge in [0.1, 0.15) is 11.6 Å². The lowest BCUT2D eigenvalue weighted by atomic mass is 10.0. The van der Waals surface area contributed by atoms with Crippen molar-refractivity contribution in [1.82, 2.24) is 15.0 Å². The Morgan fingerprint density at radius 3 is 2.54 bits per heavy atom. The molecule has 2 heterocycles. The Hall–Kier alpha value is -2.21. The van der Waals surface area contributed by atoms with Crippen LogP contribution in [0.25, 0.3) is 0 Å². The van der Waals surface area contributed by atoms with E-state index in [2.05, 4.69) is 23.9 Å². The lowest BCUT2D eigenvalue weighted by Crippen LogP contribution is -2.45. The highest BCUT2D eigenvalue weighted by Gasteiger charge is 2.31. The Morgan fingerprint density at radius 2 is 1.93 bits per heavy atom. The fraction of sp³-hybridized carbons (Fsp3) is 0.545. The zero-order valence-corrected chi connectivity index (χ0v) is 17.2. The smallest absolute Gasteiger partial charge is 0.276 e. The van der Waals surface area contributed by atoms with Crippen molar-refractivity contribution in [3.05, 3.63) is 53.2 Å². The van der Waals surface area contributed by atoms with E-state index in [0.29, 0.717) is 24.7 Å². The fourth-order valence-electron chi connectivity index (χ4n) is 3.72. The maximum Gasteiger partial charge on any atom is 0.276 e. The Bertz CT molecular complexity index is 785. The third-order valence-electron chi connectivity index (χ3n) is 5.42. The van der Waals surface area contributed by atoms with Gasteiger partial charge in [-0.15, -0.1) is 0 Å². The second-order valence-electron chi connectivity index (χ2n) is 8.28. The highest BCUT2D eigenvalue weighted by Crippen LogP contribution is 2.22. The van der Waals surface area contributed by atoms with E-state index in [4.69, 9.17) is 4.52 Å². The lowest BCUT2D eigenvalue weighted by molar-refractivity contribution is 0.0692. The van der Waals surface area contributed by atoms with Crippen LogP contribution in [0.5, 0.6) is 0 Å². The molecule has 1 aromatic heterocycles. The van der Waals surface area contributed by atoms with Gasteiger partial charge in [-0.1, -0.05) is 45.0 Å². The predicted molar refractivity (Wildman–Crippen MR) is 107 cm³/mol.